The van der Waals surface area contributed by atoms with E-state index in [-0.39, 0.29) is 25.5 Å². The van der Waals surface area contributed by atoms with E-state index in [4.69, 9.17) is 0 Å². The van der Waals surface area contributed by atoms with Crippen LogP contribution >= 0.6 is 0 Å². The fourth-order valence-electron chi connectivity index (χ4n) is 4.85. The Morgan fingerprint density at radius 3 is 2.18 bits per heavy atom. The zero-order chi connectivity index (χ0) is 26.2. The van der Waals surface area contributed by atoms with Gasteiger partial charge in [-0.1, -0.05) is 75.9 Å². The molecule has 6 rings (SSSR count). The molecule has 1 aliphatic carbocycles. The molecule has 0 saturated heterocycles. The third-order valence-electron chi connectivity index (χ3n) is 7.31. The number of aryl methyl sites for hydroxylation is 4. The smallest absolute Gasteiger partial charge is 0.0242 e. The van der Waals surface area contributed by atoms with E-state index in [9.17, 15) is 0 Å². The second-order valence-electron chi connectivity index (χ2n) is 10.3. The van der Waals surface area contributed by atoms with Gasteiger partial charge in [0.15, 0.2) is 0 Å². The zero-order valence-corrected chi connectivity index (χ0v) is 25.1. The Labute approximate surface area is 239 Å². The molecular weight excluding hydrogens is 643 g/mol. The molecule has 4 heteroatoms. The van der Waals surface area contributed by atoms with Crippen molar-refractivity contribution in [2.24, 2.45) is 0 Å². The molecule has 0 unspecified atom stereocenters. The van der Waals surface area contributed by atoms with Crippen molar-refractivity contribution in [2.75, 3.05) is 0 Å². The number of rotatable bonds is 2. The predicted molar refractivity (Wildman–Crippen MR) is 151 cm³/mol. The maximum Gasteiger partial charge on any atom is 0.0242 e. The van der Waals surface area contributed by atoms with Gasteiger partial charge in [-0.2, -0.15) is 0 Å². The summed E-state index contributed by atoms with van der Waals surface area (Å²) in [6.45, 7) is 12.9. The van der Waals surface area contributed by atoms with Crippen molar-refractivity contribution in [1.29, 1.82) is 0 Å². The summed E-state index contributed by atoms with van der Waals surface area (Å²) in [6.07, 6.45) is 8.76. The summed E-state index contributed by atoms with van der Waals surface area (Å²) < 4.78 is 0. The van der Waals surface area contributed by atoms with Gasteiger partial charge in [0.1, 0.15) is 0 Å². The largest absolute Gasteiger partial charge is 0.360 e. The Bertz CT molecular complexity index is 1590. The maximum atomic E-state index is 4.67. The second kappa shape index (κ2) is 11.1. The number of hydrogen-bond acceptors (Lipinski definition) is 3. The van der Waals surface area contributed by atoms with Gasteiger partial charge < -0.3 is 15.0 Å². The summed E-state index contributed by atoms with van der Waals surface area (Å²) in [5, 5.41) is 0. The van der Waals surface area contributed by atoms with E-state index in [2.05, 4.69) is 117 Å². The number of benzene rings is 2. The molecule has 0 aliphatic heterocycles. The van der Waals surface area contributed by atoms with E-state index in [0.717, 1.165) is 28.1 Å². The third kappa shape index (κ3) is 5.25. The zero-order valence-electron chi connectivity index (χ0n) is 22.7. The number of aromatic nitrogens is 3. The molecule has 0 fully saturated rings. The molecule has 5 aromatic rings. The summed E-state index contributed by atoms with van der Waals surface area (Å²) in [6, 6.07) is 24.3. The van der Waals surface area contributed by atoms with E-state index in [1.165, 1.54) is 38.9 Å². The van der Waals surface area contributed by atoms with Crippen molar-refractivity contribution in [3.63, 3.8) is 0 Å². The molecule has 3 aromatic heterocycles. The Morgan fingerprint density at radius 2 is 1.47 bits per heavy atom. The fraction of sp³-hybridized carbons (Fsp3) is 0.206. The Hall–Kier alpha value is -3.46. The topological polar surface area (TPSA) is 38.7 Å². The molecule has 38 heavy (non-hydrogen) atoms. The summed E-state index contributed by atoms with van der Waals surface area (Å²) in [5.41, 5.74) is 14.1. The normalized spacial score (nSPS) is 12.5. The van der Waals surface area contributed by atoms with Crippen molar-refractivity contribution in [1.82, 2.24) is 15.0 Å². The predicted octanol–water partition coefficient (Wildman–Crippen LogP) is 8.03. The molecule has 3 heterocycles. The fourth-order valence-corrected chi connectivity index (χ4v) is 4.85. The van der Waals surface area contributed by atoms with Gasteiger partial charge in [-0.3, -0.25) is 0 Å². The third-order valence-corrected chi connectivity index (χ3v) is 7.31. The molecule has 0 bridgehead atoms. The van der Waals surface area contributed by atoms with Crippen molar-refractivity contribution < 1.29 is 20.1 Å². The van der Waals surface area contributed by atoms with Crippen LogP contribution in [0.1, 0.15) is 47.2 Å². The van der Waals surface area contributed by atoms with Crippen LogP contribution in [0, 0.1) is 40.0 Å². The van der Waals surface area contributed by atoms with Gasteiger partial charge in [-0.15, -0.1) is 52.6 Å². The van der Waals surface area contributed by atoms with Crippen molar-refractivity contribution in [2.45, 2.75) is 47.0 Å². The SMILES string of the molecule is Cc1c[c-]c(-c2cc(C)c(C)cn2)cc1.Cc1ccn[c-]c1-c1cc2c(cn1)-c1ccccc1C2(C)C.[Ir]. The Balaban J connectivity index is 0.000000185. The molecule has 0 amide bonds. The first-order valence-corrected chi connectivity index (χ1v) is 12.6. The first-order chi connectivity index (χ1) is 17.8. The minimum absolute atomic E-state index is 0. The molecule has 193 valence electrons. The summed E-state index contributed by atoms with van der Waals surface area (Å²) in [5.74, 6) is 0. The summed E-state index contributed by atoms with van der Waals surface area (Å²) in [4.78, 5) is 13.2. The average Bonchev–Trinajstić information content (AvgIpc) is 3.13. The Kier molecular flexibility index (Phi) is 8.06. The standard InChI is InChI=1S/C20H17N2.C14H14N.Ir/c1-13-8-9-21-11-15(13)19-10-18-16(12-22-19)14-6-4-5-7-17(14)20(18,2)3;1-10-4-6-13(7-5-10)14-8-11(2)12(3)9-15-14;/h4-10,12H,1-3H3;4-6,8-9H,1-3H3;/q2*-1;. The van der Waals surface area contributed by atoms with Crippen LogP contribution in [0.5, 0.6) is 0 Å². The van der Waals surface area contributed by atoms with Gasteiger partial charge in [0.05, 0.1) is 0 Å². The van der Waals surface area contributed by atoms with Gasteiger partial charge >= 0.3 is 0 Å². The Morgan fingerprint density at radius 1 is 0.711 bits per heavy atom. The second-order valence-corrected chi connectivity index (χ2v) is 10.3. The molecule has 1 aliphatic rings. The van der Waals surface area contributed by atoms with E-state index >= 15 is 0 Å². The maximum absolute atomic E-state index is 4.67. The van der Waals surface area contributed by atoms with E-state index in [1.807, 2.05) is 24.5 Å². The van der Waals surface area contributed by atoms with Crippen LogP contribution in [0.3, 0.4) is 0 Å². The number of fused-ring (bicyclic) bond motifs is 3. The molecule has 0 saturated carbocycles. The number of hydrogen-bond donors (Lipinski definition) is 0. The van der Waals surface area contributed by atoms with E-state index < -0.39 is 0 Å². The number of nitrogens with zero attached hydrogens (tertiary/aromatic N) is 3. The van der Waals surface area contributed by atoms with Crippen LogP contribution in [0.4, 0.5) is 0 Å². The average molecular weight is 674 g/mol. The molecule has 1 radical (unpaired) electrons. The molecule has 0 spiro atoms. The van der Waals surface area contributed by atoms with Gasteiger partial charge in [0, 0.05) is 43.5 Å². The van der Waals surface area contributed by atoms with E-state index in [0.29, 0.717) is 0 Å². The van der Waals surface area contributed by atoms with Crippen molar-refractivity contribution >= 4 is 0 Å². The van der Waals surface area contributed by atoms with Crippen LogP contribution in [0.2, 0.25) is 0 Å². The monoisotopic (exact) mass is 674 g/mol. The molecule has 0 atom stereocenters. The first kappa shape index (κ1) is 27.6. The van der Waals surface area contributed by atoms with Crippen LogP contribution < -0.4 is 0 Å². The van der Waals surface area contributed by atoms with Crippen LogP contribution in [0.15, 0.2) is 79.3 Å². The van der Waals surface area contributed by atoms with Crippen LogP contribution in [-0.2, 0) is 25.5 Å². The van der Waals surface area contributed by atoms with Gasteiger partial charge in [0.2, 0.25) is 0 Å². The van der Waals surface area contributed by atoms with Gasteiger partial charge in [0.25, 0.3) is 0 Å². The minimum Gasteiger partial charge on any atom is -0.360 e. The van der Waals surface area contributed by atoms with Crippen molar-refractivity contribution in [3.05, 3.63) is 125 Å². The first-order valence-electron chi connectivity index (χ1n) is 12.6. The summed E-state index contributed by atoms with van der Waals surface area (Å²) >= 11 is 0. The van der Waals surface area contributed by atoms with Gasteiger partial charge in [-0.25, -0.2) is 0 Å². The number of pyridine rings is 3. The van der Waals surface area contributed by atoms with Crippen LogP contribution in [0.25, 0.3) is 33.6 Å². The van der Waals surface area contributed by atoms with Crippen LogP contribution in [-0.4, -0.2) is 15.0 Å². The quantitative estimate of drug-likeness (QED) is 0.178. The molecule has 2 aromatic carbocycles. The molecular formula is C34H31IrN3-2. The minimum atomic E-state index is -0.000268. The van der Waals surface area contributed by atoms with Crippen molar-refractivity contribution in [3.8, 4) is 33.6 Å². The molecule has 0 N–H and O–H groups in total. The van der Waals surface area contributed by atoms with E-state index in [1.54, 1.807) is 6.20 Å². The summed E-state index contributed by atoms with van der Waals surface area (Å²) in [7, 11) is 0. The molecule has 3 nitrogen and oxygen atoms in total. The van der Waals surface area contributed by atoms with Gasteiger partial charge in [-0.05, 0) is 53.7 Å².